The van der Waals surface area contributed by atoms with Crippen LogP contribution in [-0.2, 0) is 22.5 Å². The van der Waals surface area contributed by atoms with E-state index in [-0.39, 0.29) is 30.6 Å². The van der Waals surface area contributed by atoms with Crippen LogP contribution in [0, 0.1) is 5.92 Å². The molecular formula is C27H30N2O3. The lowest BCUT2D eigenvalue weighted by Gasteiger charge is -2.48. The third-order valence-corrected chi connectivity index (χ3v) is 7.22. The summed E-state index contributed by atoms with van der Waals surface area (Å²) in [5.41, 5.74) is 5.94. The van der Waals surface area contributed by atoms with Crippen LogP contribution in [0.15, 0.2) is 66.2 Å². The smallest absolute Gasteiger partial charge is 0.329 e. The number of aromatic nitrogens is 1. The summed E-state index contributed by atoms with van der Waals surface area (Å²) in [6.07, 6.45) is 3.63. The number of para-hydroxylation sites is 1. The molecule has 5 heteroatoms. The lowest BCUT2D eigenvalue weighted by molar-refractivity contribution is -0.147. The number of carbonyl (C=O) groups is 1. The van der Waals surface area contributed by atoms with Gasteiger partial charge in [0.05, 0.1) is 13.2 Å². The molecule has 1 N–H and O–H groups in total. The van der Waals surface area contributed by atoms with Crippen LogP contribution in [0.2, 0.25) is 0 Å². The van der Waals surface area contributed by atoms with Crippen molar-refractivity contribution in [1.82, 2.24) is 9.47 Å². The molecule has 0 saturated carbocycles. The Balaban J connectivity index is 1.73. The fourth-order valence-corrected chi connectivity index (χ4v) is 5.87. The summed E-state index contributed by atoms with van der Waals surface area (Å²) in [6, 6.07) is 18.6. The number of aliphatic hydroxyl groups excluding tert-OH is 1. The van der Waals surface area contributed by atoms with Crippen molar-refractivity contribution >= 4 is 16.9 Å². The van der Waals surface area contributed by atoms with Crippen LogP contribution in [0.4, 0.5) is 0 Å². The van der Waals surface area contributed by atoms with Crippen LogP contribution >= 0.6 is 0 Å². The van der Waals surface area contributed by atoms with E-state index in [9.17, 15) is 9.90 Å². The minimum atomic E-state index is -0.381. The van der Waals surface area contributed by atoms with E-state index in [4.69, 9.17) is 4.74 Å². The van der Waals surface area contributed by atoms with Crippen LogP contribution in [-0.4, -0.2) is 40.8 Å². The number of hydrogen-bond donors (Lipinski definition) is 1. The minimum Gasteiger partial charge on any atom is -0.467 e. The Morgan fingerprint density at radius 3 is 2.62 bits per heavy atom. The molecule has 1 saturated heterocycles. The fraction of sp³-hybridized carbons (Fsp3) is 0.370. The third-order valence-electron chi connectivity index (χ3n) is 7.22. The summed E-state index contributed by atoms with van der Waals surface area (Å²) in [6.45, 7) is 3.83. The number of allylic oxidation sites excluding steroid dienone is 1. The SMILES string of the molecule is C/C=C1/CN(Cc2ccccc2)[C@H]2C[C@@H]1[C@H](C(=O)OC)n1c2c(CCO)c2ccccc21. The predicted molar refractivity (Wildman–Crippen MR) is 125 cm³/mol. The van der Waals surface area contributed by atoms with Gasteiger partial charge in [-0.1, -0.05) is 60.2 Å². The molecule has 166 valence electrons. The number of benzene rings is 2. The van der Waals surface area contributed by atoms with E-state index in [0.29, 0.717) is 6.42 Å². The zero-order chi connectivity index (χ0) is 22.2. The molecule has 0 aliphatic carbocycles. The van der Waals surface area contributed by atoms with E-state index in [1.54, 1.807) is 0 Å². The van der Waals surface area contributed by atoms with Gasteiger partial charge in [-0.2, -0.15) is 0 Å². The topological polar surface area (TPSA) is 54.7 Å². The Bertz CT molecular complexity index is 1160. The second-order valence-electron chi connectivity index (χ2n) is 8.80. The second kappa shape index (κ2) is 8.57. The molecule has 5 rings (SSSR count). The first kappa shape index (κ1) is 21.0. The number of nitrogens with zero attached hydrogens (tertiary/aromatic N) is 2. The summed E-state index contributed by atoms with van der Waals surface area (Å²) in [5, 5.41) is 11.0. The van der Waals surface area contributed by atoms with Gasteiger partial charge < -0.3 is 14.4 Å². The Morgan fingerprint density at radius 2 is 1.91 bits per heavy atom. The number of esters is 1. The highest BCUT2D eigenvalue weighted by atomic mass is 16.5. The Morgan fingerprint density at radius 1 is 1.16 bits per heavy atom. The highest BCUT2D eigenvalue weighted by Gasteiger charge is 2.48. The standard InChI is InChI=1S/C27H30N2O3/c1-3-19-17-28(16-18-9-5-4-6-10-18)24-15-22(19)26(27(31)32-2)29-23-12-8-7-11-20(23)21(13-14-30)25(24)29/h3-12,22,24,26,30H,13-17H2,1-2H3/b19-3-/t22-,24-,26+/m0/s1. The number of methoxy groups -OCH3 is 1. The third kappa shape index (κ3) is 3.28. The first-order chi connectivity index (χ1) is 15.7. The van der Waals surface area contributed by atoms with Gasteiger partial charge >= 0.3 is 5.97 Å². The van der Waals surface area contributed by atoms with Crippen molar-refractivity contribution in [1.29, 1.82) is 0 Å². The normalized spacial score (nSPS) is 24.0. The molecule has 2 bridgehead atoms. The maximum absolute atomic E-state index is 13.1. The van der Waals surface area contributed by atoms with Crippen molar-refractivity contribution in [2.45, 2.75) is 38.4 Å². The van der Waals surface area contributed by atoms with Crippen LogP contribution < -0.4 is 0 Å². The lowest BCUT2D eigenvalue weighted by Crippen LogP contribution is -2.47. The minimum absolute atomic E-state index is 0.0822. The van der Waals surface area contributed by atoms with Crippen molar-refractivity contribution in [3.63, 3.8) is 0 Å². The van der Waals surface area contributed by atoms with Gasteiger partial charge in [0.1, 0.15) is 6.04 Å². The molecule has 0 spiro atoms. The molecule has 3 heterocycles. The van der Waals surface area contributed by atoms with Crippen molar-refractivity contribution in [2.24, 2.45) is 5.92 Å². The second-order valence-corrected chi connectivity index (χ2v) is 8.80. The van der Waals surface area contributed by atoms with E-state index in [1.165, 1.54) is 18.2 Å². The van der Waals surface area contributed by atoms with Crippen LogP contribution in [0.1, 0.15) is 42.2 Å². The van der Waals surface area contributed by atoms with E-state index >= 15 is 0 Å². The Kier molecular flexibility index (Phi) is 5.62. The van der Waals surface area contributed by atoms with Gasteiger partial charge in [-0.15, -0.1) is 0 Å². The quantitative estimate of drug-likeness (QED) is 0.481. The zero-order valence-electron chi connectivity index (χ0n) is 18.7. The van der Waals surface area contributed by atoms with Crippen molar-refractivity contribution in [3.05, 3.63) is 83.1 Å². The van der Waals surface area contributed by atoms with Gasteiger partial charge in [-0.3, -0.25) is 4.90 Å². The van der Waals surface area contributed by atoms with Crippen molar-refractivity contribution in [2.75, 3.05) is 20.3 Å². The van der Waals surface area contributed by atoms with Gasteiger partial charge in [0, 0.05) is 42.2 Å². The average molecular weight is 431 g/mol. The van der Waals surface area contributed by atoms with Crippen LogP contribution in [0.5, 0.6) is 0 Å². The molecular weight excluding hydrogens is 400 g/mol. The number of ether oxygens (including phenoxy) is 1. The average Bonchev–Trinajstić information content (AvgIpc) is 3.15. The Labute approximate surface area is 188 Å². The molecule has 32 heavy (non-hydrogen) atoms. The lowest BCUT2D eigenvalue weighted by atomic mass is 9.76. The van der Waals surface area contributed by atoms with Gasteiger partial charge in [0.2, 0.25) is 0 Å². The monoisotopic (exact) mass is 430 g/mol. The molecule has 2 aliphatic rings. The largest absolute Gasteiger partial charge is 0.467 e. The zero-order valence-corrected chi connectivity index (χ0v) is 18.7. The molecule has 3 aromatic rings. The fourth-order valence-electron chi connectivity index (χ4n) is 5.87. The van der Waals surface area contributed by atoms with Gasteiger partial charge in [0.25, 0.3) is 0 Å². The number of hydrogen-bond acceptors (Lipinski definition) is 4. The first-order valence-corrected chi connectivity index (χ1v) is 11.4. The molecule has 0 amide bonds. The molecule has 0 unspecified atom stereocenters. The van der Waals surface area contributed by atoms with Crippen LogP contribution in [0.3, 0.4) is 0 Å². The highest BCUT2D eigenvalue weighted by molar-refractivity contribution is 5.89. The number of piperidine rings is 1. The summed E-state index contributed by atoms with van der Waals surface area (Å²) >= 11 is 0. The number of likely N-dealkylation sites (tertiary alicyclic amines) is 1. The highest BCUT2D eigenvalue weighted by Crippen LogP contribution is 2.51. The maximum Gasteiger partial charge on any atom is 0.329 e. The number of carbonyl (C=O) groups excluding carboxylic acids is 1. The molecule has 1 aromatic heterocycles. The van der Waals surface area contributed by atoms with E-state index in [0.717, 1.165) is 41.7 Å². The number of rotatable bonds is 5. The Hall–Kier alpha value is -2.89. The van der Waals surface area contributed by atoms with Crippen molar-refractivity contribution < 1.29 is 14.6 Å². The van der Waals surface area contributed by atoms with Crippen LogP contribution in [0.25, 0.3) is 10.9 Å². The molecule has 3 atom stereocenters. The van der Waals surface area contributed by atoms with Crippen molar-refractivity contribution in [3.8, 4) is 0 Å². The van der Waals surface area contributed by atoms with E-state index < -0.39 is 0 Å². The summed E-state index contributed by atoms with van der Waals surface area (Å²) < 4.78 is 7.55. The van der Waals surface area contributed by atoms with Gasteiger partial charge in [-0.05, 0) is 37.0 Å². The number of fused-ring (bicyclic) bond motifs is 6. The number of aliphatic hydroxyl groups is 1. The summed E-state index contributed by atoms with van der Waals surface area (Å²) in [5.74, 6) is -0.0865. The molecule has 2 aromatic carbocycles. The summed E-state index contributed by atoms with van der Waals surface area (Å²) in [7, 11) is 1.48. The predicted octanol–water partition coefficient (Wildman–Crippen LogP) is 4.41. The molecule has 5 nitrogen and oxygen atoms in total. The van der Waals surface area contributed by atoms with E-state index in [2.05, 4.69) is 58.9 Å². The van der Waals surface area contributed by atoms with Gasteiger partial charge in [0.15, 0.2) is 0 Å². The molecule has 1 fully saturated rings. The molecule has 2 aliphatic heterocycles. The van der Waals surface area contributed by atoms with E-state index in [1.807, 2.05) is 18.2 Å². The van der Waals surface area contributed by atoms with Gasteiger partial charge in [-0.25, -0.2) is 4.79 Å². The first-order valence-electron chi connectivity index (χ1n) is 11.4. The molecule has 0 radical (unpaired) electrons. The summed E-state index contributed by atoms with van der Waals surface area (Å²) in [4.78, 5) is 15.7. The maximum atomic E-state index is 13.1.